The molecule has 244 valence electrons. The Morgan fingerprint density at radius 3 is 0.863 bits per heavy atom. The molecule has 0 amide bonds. The first-order valence-electron chi connectivity index (χ1n) is 17.1. The first-order valence-corrected chi connectivity index (χ1v) is 17.1. The first-order chi connectivity index (χ1) is 25.2. The van der Waals surface area contributed by atoms with Gasteiger partial charge in [0.2, 0.25) is 0 Å². The molecule has 0 radical (unpaired) electrons. The molecule has 0 aliphatic rings. The molecule has 6 nitrogen and oxygen atoms in total. The molecule has 0 atom stereocenters. The van der Waals surface area contributed by atoms with E-state index in [9.17, 15) is 0 Å². The van der Waals surface area contributed by atoms with E-state index in [-0.39, 0.29) is 0 Å². The summed E-state index contributed by atoms with van der Waals surface area (Å²) < 4.78 is 23.9. The molecule has 0 aliphatic heterocycles. The largest absolute Gasteiger partial charge is 0.497 e. The van der Waals surface area contributed by atoms with Gasteiger partial charge in [0.15, 0.2) is 0 Å². The minimum absolute atomic E-state index is 0.835. The summed E-state index contributed by atoms with van der Waals surface area (Å²) in [6, 6.07) is 47.9. The van der Waals surface area contributed by atoms with Gasteiger partial charge in [0.25, 0.3) is 0 Å². The number of hydrogen-bond donors (Lipinski definition) is 0. The zero-order chi connectivity index (χ0) is 34.0. The highest BCUT2D eigenvalue weighted by molar-refractivity contribution is 6.42. The topological polar surface area (TPSA) is 42.5 Å². The van der Waals surface area contributed by atoms with Crippen molar-refractivity contribution in [3.63, 3.8) is 0 Å². The van der Waals surface area contributed by atoms with E-state index in [0.29, 0.717) is 0 Å². The molecule has 0 saturated carbocycles. The zero-order valence-corrected chi connectivity index (χ0v) is 28.3. The predicted octanol–water partition coefficient (Wildman–Crippen LogP) is 11.0. The van der Waals surface area contributed by atoms with E-state index in [4.69, 9.17) is 14.2 Å². The van der Waals surface area contributed by atoms with Crippen LogP contribution in [0.2, 0.25) is 0 Å². The molecule has 0 spiro atoms. The van der Waals surface area contributed by atoms with Gasteiger partial charge in [0, 0.05) is 49.4 Å². The lowest BCUT2D eigenvalue weighted by molar-refractivity contribution is 0.414. The molecule has 11 rings (SSSR count). The summed E-state index contributed by atoms with van der Waals surface area (Å²) in [6.45, 7) is 0. The number of aromatic nitrogens is 3. The summed E-state index contributed by atoms with van der Waals surface area (Å²) in [4.78, 5) is 0. The van der Waals surface area contributed by atoms with E-state index >= 15 is 0 Å². The summed E-state index contributed by atoms with van der Waals surface area (Å²) in [7, 11) is 5.14. The maximum atomic E-state index is 5.57. The smallest absolute Gasteiger partial charge is 0.119 e. The zero-order valence-electron chi connectivity index (χ0n) is 28.3. The molecule has 0 bridgehead atoms. The lowest BCUT2D eigenvalue weighted by Crippen LogP contribution is -1.95. The van der Waals surface area contributed by atoms with Crippen LogP contribution in [0.25, 0.3) is 93.3 Å². The van der Waals surface area contributed by atoms with Gasteiger partial charge in [-0.15, -0.1) is 0 Å². The Bertz CT molecular complexity index is 2920. The highest BCUT2D eigenvalue weighted by atomic mass is 16.5. The lowest BCUT2D eigenvalue weighted by atomic mass is 9.95. The maximum Gasteiger partial charge on any atom is 0.119 e. The van der Waals surface area contributed by atoms with E-state index in [0.717, 1.165) is 34.3 Å². The lowest BCUT2D eigenvalue weighted by Gasteiger charge is -2.10. The van der Waals surface area contributed by atoms with Gasteiger partial charge >= 0.3 is 0 Å². The standard InChI is InChI=1S/C45H31N3O3/c1-49-29-16-10-26(11-17-29)46-34-8-4-6-32-33-7-5-9-35-41(33)43-37(47(35)27-12-18-30(50-2)19-13-27)23-25-39-45(43)44-38(24-22-36(46)42(44)40(32)34)48(39)28-14-20-31(51-3)21-15-28/h4-25H,1-3H3. The summed E-state index contributed by atoms with van der Waals surface area (Å²) >= 11 is 0. The van der Waals surface area contributed by atoms with Crippen molar-refractivity contribution in [2.45, 2.75) is 0 Å². The number of ether oxygens (including phenoxy) is 3. The fourth-order valence-corrected chi connectivity index (χ4v) is 8.76. The summed E-state index contributed by atoms with van der Waals surface area (Å²) in [5, 5.41) is 10.0. The minimum atomic E-state index is 0.835. The monoisotopic (exact) mass is 661 g/mol. The first kappa shape index (κ1) is 28.2. The minimum Gasteiger partial charge on any atom is -0.497 e. The van der Waals surface area contributed by atoms with Gasteiger partial charge in [-0.1, -0.05) is 24.3 Å². The number of fused-ring (bicyclic) bond motifs is 1. The SMILES string of the molecule is COc1ccc(-n2c3cccc4c5cccc6c5c5c7c8c(c43)c2ccc8n(-c2ccc(OC)cc2)c7ccc5n6-c2ccc(OC)cc2)cc1. The van der Waals surface area contributed by atoms with Crippen molar-refractivity contribution in [1.29, 1.82) is 0 Å². The summed E-state index contributed by atoms with van der Waals surface area (Å²) in [5.41, 5.74) is 10.3. The van der Waals surface area contributed by atoms with Crippen molar-refractivity contribution in [1.82, 2.24) is 13.7 Å². The fraction of sp³-hybridized carbons (Fsp3) is 0.0667. The molecule has 0 saturated heterocycles. The van der Waals surface area contributed by atoms with Crippen LogP contribution >= 0.6 is 0 Å². The Kier molecular flexibility index (Phi) is 5.63. The molecule has 11 aromatic rings. The van der Waals surface area contributed by atoms with Crippen LogP contribution in [0.1, 0.15) is 0 Å². The van der Waals surface area contributed by atoms with Crippen molar-refractivity contribution in [3.05, 3.63) is 133 Å². The van der Waals surface area contributed by atoms with E-state index < -0.39 is 0 Å². The van der Waals surface area contributed by atoms with E-state index in [2.05, 4.69) is 111 Å². The van der Waals surface area contributed by atoms with Crippen LogP contribution in [-0.2, 0) is 0 Å². The Morgan fingerprint density at radius 2 is 0.569 bits per heavy atom. The molecular formula is C45H31N3O3. The Balaban J connectivity index is 1.41. The van der Waals surface area contributed by atoms with Crippen LogP contribution in [0.5, 0.6) is 17.2 Å². The Hall–Kier alpha value is -6.66. The van der Waals surface area contributed by atoms with Crippen molar-refractivity contribution in [2.75, 3.05) is 21.3 Å². The third-order valence-electron chi connectivity index (χ3n) is 10.9. The maximum absolute atomic E-state index is 5.57. The molecule has 6 heteroatoms. The molecule has 0 aliphatic carbocycles. The Labute approximate surface area is 292 Å². The van der Waals surface area contributed by atoms with Crippen LogP contribution in [0.3, 0.4) is 0 Å². The highest BCUT2D eigenvalue weighted by Crippen LogP contribution is 2.50. The molecule has 3 aromatic heterocycles. The van der Waals surface area contributed by atoms with E-state index in [1.807, 2.05) is 36.4 Å². The fourth-order valence-electron chi connectivity index (χ4n) is 8.76. The summed E-state index contributed by atoms with van der Waals surface area (Å²) in [6.07, 6.45) is 0. The van der Waals surface area contributed by atoms with E-state index in [1.54, 1.807) is 21.3 Å². The normalized spacial score (nSPS) is 12.2. The molecule has 8 aromatic carbocycles. The molecule has 51 heavy (non-hydrogen) atoms. The average Bonchev–Trinajstić information content (AvgIpc) is 3.83. The van der Waals surface area contributed by atoms with Crippen LogP contribution in [0, 0.1) is 0 Å². The van der Waals surface area contributed by atoms with Gasteiger partial charge in [-0.3, -0.25) is 0 Å². The van der Waals surface area contributed by atoms with Crippen LogP contribution in [0.15, 0.2) is 133 Å². The number of rotatable bonds is 6. The van der Waals surface area contributed by atoms with Gasteiger partial charge in [0.05, 0.1) is 54.4 Å². The molecule has 0 N–H and O–H groups in total. The number of methoxy groups -OCH3 is 3. The number of hydrogen-bond acceptors (Lipinski definition) is 3. The molecular weight excluding hydrogens is 631 g/mol. The average molecular weight is 662 g/mol. The molecule has 0 fully saturated rings. The number of benzene rings is 7. The second-order valence-electron chi connectivity index (χ2n) is 13.2. The van der Waals surface area contributed by atoms with Crippen LogP contribution in [-0.4, -0.2) is 35.0 Å². The Morgan fingerprint density at radius 1 is 0.294 bits per heavy atom. The molecule has 3 heterocycles. The van der Waals surface area contributed by atoms with Gasteiger partial charge in [-0.25, -0.2) is 0 Å². The third kappa shape index (κ3) is 3.60. The quantitative estimate of drug-likeness (QED) is 0.178. The van der Waals surface area contributed by atoms with Crippen molar-refractivity contribution >= 4 is 76.2 Å². The summed E-state index contributed by atoms with van der Waals surface area (Å²) in [5.74, 6) is 2.51. The second kappa shape index (κ2) is 10.2. The van der Waals surface area contributed by atoms with Crippen LogP contribution in [0.4, 0.5) is 0 Å². The van der Waals surface area contributed by atoms with Gasteiger partial charge < -0.3 is 27.9 Å². The van der Waals surface area contributed by atoms with Crippen molar-refractivity contribution in [2.24, 2.45) is 0 Å². The van der Waals surface area contributed by atoms with E-state index in [1.165, 1.54) is 76.2 Å². The van der Waals surface area contributed by atoms with Gasteiger partial charge in [0.1, 0.15) is 17.2 Å². The predicted molar refractivity (Wildman–Crippen MR) is 209 cm³/mol. The van der Waals surface area contributed by atoms with Crippen LogP contribution < -0.4 is 14.2 Å². The highest BCUT2D eigenvalue weighted by Gasteiger charge is 2.27. The van der Waals surface area contributed by atoms with Crippen molar-refractivity contribution in [3.8, 4) is 34.3 Å². The number of nitrogens with zero attached hydrogens (tertiary/aromatic N) is 3. The van der Waals surface area contributed by atoms with Gasteiger partial charge in [-0.2, -0.15) is 0 Å². The molecule has 0 unspecified atom stereocenters. The van der Waals surface area contributed by atoms with Crippen molar-refractivity contribution < 1.29 is 14.2 Å². The third-order valence-corrected chi connectivity index (χ3v) is 10.9. The van der Waals surface area contributed by atoms with Gasteiger partial charge in [-0.05, 0) is 120 Å². The second-order valence-corrected chi connectivity index (χ2v) is 13.2.